The fourth-order valence-electron chi connectivity index (χ4n) is 4.21. The topological polar surface area (TPSA) is 51.2 Å². The molecule has 1 saturated carbocycles. The molecule has 0 radical (unpaired) electrons. The molecule has 0 spiro atoms. The molecule has 1 aliphatic carbocycles. The highest BCUT2D eigenvalue weighted by atomic mass is 16.5. The number of methoxy groups -OCH3 is 1. The minimum Gasteiger partial charge on any atom is -0.481 e. The van der Waals surface area contributed by atoms with Gasteiger partial charge in [0.25, 0.3) is 0 Å². The summed E-state index contributed by atoms with van der Waals surface area (Å²) in [6.07, 6.45) is 4.85. The number of hydrogen-bond donors (Lipinski definition) is 1. The van der Waals surface area contributed by atoms with Crippen LogP contribution < -0.4 is 10.1 Å². The van der Waals surface area contributed by atoms with E-state index < -0.39 is 0 Å². The van der Waals surface area contributed by atoms with Gasteiger partial charge < -0.3 is 10.1 Å². The Labute approximate surface area is 167 Å². The van der Waals surface area contributed by atoms with Gasteiger partial charge in [-0.25, -0.2) is 4.98 Å². The van der Waals surface area contributed by atoms with Gasteiger partial charge in [-0.05, 0) is 54.7 Å². The minimum atomic E-state index is 0.145. The van der Waals surface area contributed by atoms with Crippen molar-refractivity contribution in [3.05, 3.63) is 58.8 Å². The van der Waals surface area contributed by atoms with Crippen LogP contribution in [0.15, 0.2) is 36.4 Å². The molecule has 148 valence electrons. The Morgan fingerprint density at radius 3 is 2.36 bits per heavy atom. The number of hydrogen-bond acceptors (Lipinski definition) is 3. The first-order valence-electron chi connectivity index (χ1n) is 10.5. The second-order valence-electron chi connectivity index (χ2n) is 8.52. The van der Waals surface area contributed by atoms with E-state index in [4.69, 9.17) is 9.72 Å². The minimum absolute atomic E-state index is 0.145. The first kappa shape index (κ1) is 19.0. The fraction of sp³-hybridized carbons (Fsp3) is 0.500. The van der Waals surface area contributed by atoms with Crippen molar-refractivity contribution in [1.29, 1.82) is 0 Å². The largest absolute Gasteiger partial charge is 0.481 e. The molecule has 4 rings (SSSR count). The Morgan fingerprint density at radius 2 is 1.79 bits per heavy atom. The lowest BCUT2D eigenvalue weighted by atomic mass is 9.87. The monoisotopic (exact) mass is 378 g/mol. The molecule has 4 heteroatoms. The molecule has 1 N–H and O–H groups in total. The molecule has 1 aromatic carbocycles. The van der Waals surface area contributed by atoms with Gasteiger partial charge in [0.1, 0.15) is 0 Å². The lowest BCUT2D eigenvalue weighted by Gasteiger charge is -2.22. The van der Waals surface area contributed by atoms with Gasteiger partial charge in [0.05, 0.1) is 12.8 Å². The second kappa shape index (κ2) is 7.94. The third kappa shape index (κ3) is 4.06. The molecule has 1 saturated heterocycles. The maximum Gasteiger partial charge on any atom is 0.220 e. The molecule has 2 fully saturated rings. The summed E-state index contributed by atoms with van der Waals surface area (Å²) in [5, 5.41) is 3.12. The van der Waals surface area contributed by atoms with Crippen LogP contribution >= 0.6 is 0 Å². The van der Waals surface area contributed by atoms with E-state index in [9.17, 15) is 4.79 Å². The Kier molecular flexibility index (Phi) is 5.38. The molecule has 2 aliphatic rings. The maximum atomic E-state index is 11.7. The lowest BCUT2D eigenvalue weighted by molar-refractivity contribution is -0.119. The molecule has 2 atom stereocenters. The van der Waals surface area contributed by atoms with Crippen molar-refractivity contribution in [2.75, 3.05) is 7.11 Å². The number of amides is 1. The molecule has 1 aromatic heterocycles. The molecule has 2 heterocycles. The Bertz CT molecular complexity index is 840. The zero-order chi connectivity index (χ0) is 19.7. The second-order valence-corrected chi connectivity index (χ2v) is 8.52. The summed E-state index contributed by atoms with van der Waals surface area (Å²) in [7, 11) is 1.71. The van der Waals surface area contributed by atoms with E-state index in [-0.39, 0.29) is 17.9 Å². The fourth-order valence-corrected chi connectivity index (χ4v) is 4.21. The first-order valence-corrected chi connectivity index (χ1v) is 10.5. The average Bonchev–Trinajstić information content (AvgIpc) is 3.47. The zero-order valence-corrected chi connectivity index (χ0v) is 17.1. The van der Waals surface area contributed by atoms with Crippen LogP contribution in [-0.2, 0) is 4.79 Å². The van der Waals surface area contributed by atoms with Crippen molar-refractivity contribution in [2.45, 2.75) is 69.7 Å². The number of carbonyl (C=O) groups is 1. The summed E-state index contributed by atoms with van der Waals surface area (Å²) >= 11 is 0. The molecule has 1 aliphatic heterocycles. The Balaban J connectivity index is 1.66. The van der Waals surface area contributed by atoms with Crippen LogP contribution in [0.2, 0.25) is 0 Å². The van der Waals surface area contributed by atoms with E-state index in [2.05, 4.69) is 55.6 Å². The molecule has 1 unspecified atom stereocenters. The molecular formula is C24H30N2O2. The predicted molar refractivity (Wildman–Crippen MR) is 111 cm³/mol. The summed E-state index contributed by atoms with van der Waals surface area (Å²) in [6.45, 7) is 4.42. The van der Waals surface area contributed by atoms with Gasteiger partial charge in [-0.15, -0.1) is 0 Å². The number of rotatable bonds is 7. The van der Waals surface area contributed by atoms with Gasteiger partial charge >= 0.3 is 0 Å². The highest BCUT2D eigenvalue weighted by molar-refractivity contribution is 5.78. The van der Waals surface area contributed by atoms with Crippen LogP contribution in [0.5, 0.6) is 5.88 Å². The smallest absolute Gasteiger partial charge is 0.220 e. The lowest BCUT2D eigenvalue weighted by Crippen LogP contribution is -2.27. The number of nitrogens with zero attached hydrogens (tertiary/aromatic N) is 1. The molecule has 28 heavy (non-hydrogen) atoms. The Morgan fingerprint density at radius 1 is 1.07 bits per heavy atom. The van der Waals surface area contributed by atoms with Gasteiger partial charge in [0.2, 0.25) is 11.8 Å². The summed E-state index contributed by atoms with van der Waals surface area (Å²) in [5.41, 5.74) is 4.85. The highest BCUT2D eigenvalue weighted by Gasteiger charge is 2.30. The molecular weight excluding hydrogens is 348 g/mol. The molecule has 1 amide bonds. The van der Waals surface area contributed by atoms with Crippen LogP contribution in [0.25, 0.3) is 0 Å². The third-order valence-corrected chi connectivity index (χ3v) is 6.09. The molecule has 0 bridgehead atoms. The normalized spacial score (nSPS) is 20.3. The number of benzene rings is 1. The molecule has 4 nitrogen and oxygen atoms in total. The number of nitrogens with one attached hydrogen (secondary N) is 1. The standard InChI is InChI=1S/C24H30N2O2/c1-15(2)16-4-6-18(7-5-16)21(14-19-10-13-23(27)25-19)22-12-11-20(17-8-9-17)24(26-22)28-3/h4-7,11-12,15,17,19,21H,8-10,13-14H2,1-3H3,(H,25,27)/t19-,21?/m1/s1. The van der Waals surface area contributed by atoms with Crippen LogP contribution in [0.4, 0.5) is 0 Å². The summed E-state index contributed by atoms with van der Waals surface area (Å²) in [6, 6.07) is 13.4. The number of pyridine rings is 1. The number of aromatic nitrogens is 1. The van der Waals surface area contributed by atoms with Crippen molar-refractivity contribution in [3.8, 4) is 5.88 Å². The van der Waals surface area contributed by atoms with Crippen molar-refractivity contribution in [2.24, 2.45) is 0 Å². The van der Waals surface area contributed by atoms with Crippen molar-refractivity contribution in [1.82, 2.24) is 10.3 Å². The summed E-state index contributed by atoms with van der Waals surface area (Å²) in [5.74, 6) is 2.19. The SMILES string of the molecule is COc1nc(C(C[C@H]2CCC(=O)N2)c2ccc(C(C)C)cc2)ccc1C1CC1. The van der Waals surface area contributed by atoms with Crippen LogP contribution in [0, 0.1) is 0 Å². The third-order valence-electron chi connectivity index (χ3n) is 6.09. The number of ether oxygens (including phenoxy) is 1. The van der Waals surface area contributed by atoms with Crippen LogP contribution in [0.3, 0.4) is 0 Å². The van der Waals surface area contributed by atoms with E-state index in [1.807, 2.05) is 0 Å². The van der Waals surface area contributed by atoms with E-state index in [0.717, 1.165) is 24.4 Å². The maximum absolute atomic E-state index is 11.7. The van der Waals surface area contributed by atoms with E-state index in [1.165, 1.54) is 29.5 Å². The van der Waals surface area contributed by atoms with E-state index in [1.54, 1.807) is 7.11 Å². The van der Waals surface area contributed by atoms with Crippen molar-refractivity contribution < 1.29 is 9.53 Å². The van der Waals surface area contributed by atoms with E-state index >= 15 is 0 Å². The van der Waals surface area contributed by atoms with Gasteiger partial charge in [-0.3, -0.25) is 4.79 Å². The van der Waals surface area contributed by atoms with Gasteiger partial charge in [-0.1, -0.05) is 44.2 Å². The van der Waals surface area contributed by atoms with Crippen molar-refractivity contribution in [3.63, 3.8) is 0 Å². The Hall–Kier alpha value is -2.36. The first-order chi connectivity index (χ1) is 13.5. The summed E-state index contributed by atoms with van der Waals surface area (Å²) < 4.78 is 5.63. The summed E-state index contributed by atoms with van der Waals surface area (Å²) in [4.78, 5) is 16.6. The number of carbonyl (C=O) groups excluding carboxylic acids is 1. The van der Waals surface area contributed by atoms with Gasteiger partial charge in [0.15, 0.2) is 0 Å². The average molecular weight is 379 g/mol. The van der Waals surface area contributed by atoms with E-state index in [0.29, 0.717) is 18.3 Å². The van der Waals surface area contributed by atoms with Crippen LogP contribution in [-0.4, -0.2) is 24.0 Å². The molecule has 2 aromatic rings. The van der Waals surface area contributed by atoms with Crippen molar-refractivity contribution >= 4 is 5.91 Å². The van der Waals surface area contributed by atoms with Crippen LogP contribution in [0.1, 0.15) is 86.1 Å². The van der Waals surface area contributed by atoms with Gasteiger partial charge in [0, 0.05) is 23.9 Å². The zero-order valence-electron chi connectivity index (χ0n) is 17.1. The predicted octanol–water partition coefficient (Wildman–Crippen LogP) is 4.89. The quantitative estimate of drug-likeness (QED) is 0.746. The highest BCUT2D eigenvalue weighted by Crippen LogP contribution is 2.44. The van der Waals surface area contributed by atoms with Gasteiger partial charge in [-0.2, -0.15) is 0 Å².